The number of nitrogens with zero attached hydrogens (tertiary/aromatic N) is 2. The fraction of sp³-hybridized carbons (Fsp3) is 0.333. The number of carbonyl (C=O) groups excluding carboxylic acids is 1. The number of nitro groups is 1. The maximum absolute atomic E-state index is 11.4. The number of rotatable bonds is 5. The van der Waals surface area contributed by atoms with E-state index in [1.54, 1.807) is 13.0 Å². The van der Waals surface area contributed by atoms with Crippen LogP contribution in [0.25, 0.3) is 0 Å². The summed E-state index contributed by atoms with van der Waals surface area (Å²) < 4.78 is 4.77. The zero-order chi connectivity index (χ0) is 14.4. The average Bonchev–Trinajstić information content (AvgIpc) is 2.37. The molecule has 100 valence electrons. The van der Waals surface area contributed by atoms with E-state index in [4.69, 9.17) is 21.6 Å². The van der Waals surface area contributed by atoms with Gasteiger partial charge in [-0.05, 0) is 18.1 Å². The molecule has 0 aliphatic rings. The maximum Gasteiger partial charge on any atom is 0.310 e. The van der Waals surface area contributed by atoms with Crippen LogP contribution in [0.5, 0.6) is 0 Å². The Morgan fingerprint density at radius 1 is 1.58 bits per heavy atom. The number of ether oxygens (including phenoxy) is 1. The van der Waals surface area contributed by atoms with Gasteiger partial charge in [0.05, 0.1) is 18.0 Å². The van der Waals surface area contributed by atoms with Crippen molar-refractivity contribution in [1.82, 2.24) is 0 Å². The van der Waals surface area contributed by atoms with Crippen molar-refractivity contribution in [2.75, 3.05) is 6.61 Å². The van der Waals surface area contributed by atoms with E-state index in [0.29, 0.717) is 11.1 Å². The summed E-state index contributed by atoms with van der Waals surface area (Å²) in [6, 6.07) is 4.47. The number of hydrogen-bond donors (Lipinski definition) is 0. The monoisotopic (exact) mass is 282 g/mol. The van der Waals surface area contributed by atoms with Crippen LogP contribution in [0.15, 0.2) is 12.1 Å². The molecule has 0 saturated heterocycles. The highest BCUT2D eigenvalue weighted by Crippen LogP contribution is 2.25. The second-order valence-corrected chi connectivity index (χ2v) is 3.90. The number of benzene rings is 1. The molecule has 0 fully saturated rings. The van der Waals surface area contributed by atoms with Gasteiger partial charge in [0.1, 0.15) is 11.6 Å². The number of nitriles is 1. The van der Waals surface area contributed by atoms with Gasteiger partial charge >= 0.3 is 5.97 Å². The number of nitro benzene ring substituents is 1. The first-order valence-electron chi connectivity index (χ1n) is 5.45. The van der Waals surface area contributed by atoms with Crippen molar-refractivity contribution in [3.63, 3.8) is 0 Å². The first kappa shape index (κ1) is 14.9. The summed E-state index contributed by atoms with van der Waals surface area (Å²) in [6.45, 7) is 1.91. The standard InChI is InChI=1S/C12H11ClN2O4/c1-2-19-12(16)5-8-3-9(6-13)10(7-14)11(4-8)15(17)18/h3-4H,2,5-6H2,1H3. The maximum atomic E-state index is 11.4. The van der Waals surface area contributed by atoms with E-state index in [-0.39, 0.29) is 30.2 Å². The van der Waals surface area contributed by atoms with Gasteiger partial charge in [-0.1, -0.05) is 6.07 Å². The van der Waals surface area contributed by atoms with E-state index in [0.717, 1.165) is 0 Å². The van der Waals surface area contributed by atoms with Crippen LogP contribution in [0.1, 0.15) is 23.6 Å². The molecule has 19 heavy (non-hydrogen) atoms. The summed E-state index contributed by atoms with van der Waals surface area (Å²) in [5.74, 6) is -0.526. The zero-order valence-corrected chi connectivity index (χ0v) is 10.9. The van der Waals surface area contributed by atoms with Crippen LogP contribution in [-0.4, -0.2) is 17.5 Å². The average molecular weight is 283 g/mol. The second-order valence-electron chi connectivity index (χ2n) is 3.63. The molecule has 0 aliphatic carbocycles. The summed E-state index contributed by atoms with van der Waals surface area (Å²) in [4.78, 5) is 21.6. The van der Waals surface area contributed by atoms with E-state index in [1.165, 1.54) is 12.1 Å². The molecule has 0 heterocycles. The largest absolute Gasteiger partial charge is 0.466 e. The third-order valence-electron chi connectivity index (χ3n) is 2.37. The van der Waals surface area contributed by atoms with Crippen molar-refractivity contribution in [3.8, 4) is 6.07 Å². The van der Waals surface area contributed by atoms with Gasteiger partial charge in [-0.25, -0.2) is 0 Å². The Labute approximate surface area is 114 Å². The van der Waals surface area contributed by atoms with E-state index in [2.05, 4.69) is 0 Å². The minimum Gasteiger partial charge on any atom is -0.466 e. The highest BCUT2D eigenvalue weighted by atomic mass is 35.5. The second kappa shape index (κ2) is 6.71. The summed E-state index contributed by atoms with van der Waals surface area (Å²) in [7, 11) is 0. The molecule has 6 nitrogen and oxygen atoms in total. The summed E-state index contributed by atoms with van der Waals surface area (Å²) in [5.41, 5.74) is 0.310. The molecular weight excluding hydrogens is 272 g/mol. The number of carbonyl (C=O) groups is 1. The molecule has 0 aliphatic heterocycles. The SMILES string of the molecule is CCOC(=O)Cc1cc(CCl)c(C#N)c([N+](=O)[O-])c1. The molecular formula is C12H11ClN2O4. The van der Waals surface area contributed by atoms with E-state index >= 15 is 0 Å². The van der Waals surface area contributed by atoms with Gasteiger partial charge in [0.2, 0.25) is 0 Å². The van der Waals surface area contributed by atoms with Gasteiger partial charge in [0, 0.05) is 11.9 Å². The van der Waals surface area contributed by atoms with Crippen molar-refractivity contribution in [1.29, 1.82) is 5.26 Å². The fourth-order valence-electron chi connectivity index (χ4n) is 1.61. The molecule has 0 N–H and O–H groups in total. The van der Waals surface area contributed by atoms with Gasteiger partial charge in [0.15, 0.2) is 0 Å². The van der Waals surface area contributed by atoms with Crippen molar-refractivity contribution in [3.05, 3.63) is 38.9 Å². The quantitative estimate of drug-likeness (QED) is 0.357. The van der Waals surface area contributed by atoms with Crippen LogP contribution in [0.2, 0.25) is 0 Å². The molecule has 0 spiro atoms. The Bertz CT molecular complexity index is 551. The van der Waals surface area contributed by atoms with E-state index < -0.39 is 10.9 Å². The van der Waals surface area contributed by atoms with Crippen LogP contribution in [0, 0.1) is 21.4 Å². The van der Waals surface area contributed by atoms with Gasteiger partial charge in [0.25, 0.3) is 5.69 Å². The molecule has 0 radical (unpaired) electrons. The number of alkyl halides is 1. The summed E-state index contributed by atoms with van der Waals surface area (Å²) >= 11 is 5.67. The first-order chi connectivity index (χ1) is 9.03. The number of hydrogen-bond acceptors (Lipinski definition) is 5. The Morgan fingerprint density at radius 3 is 2.74 bits per heavy atom. The molecule has 0 atom stereocenters. The lowest BCUT2D eigenvalue weighted by Crippen LogP contribution is -2.09. The van der Waals surface area contributed by atoms with Gasteiger partial charge in [-0.2, -0.15) is 5.26 Å². The molecule has 1 aromatic carbocycles. The predicted molar refractivity (Wildman–Crippen MR) is 67.7 cm³/mol. The molecule has 0 amide bonds. The highest BCUT2D eigenvalue weighted by molar-refractivity contribution is 6.17. The lowest BCUT2D eigenvalue weighted by molar-refractivity contribution is -0.385. The normalized spacial score (nSPS) is 9.74. The van der Waals surface area contributed by atoms with Crippen LogP contribution in [0.4, 0.5) is 5.69 Å². The summed E-state index contributed by atoms with van der Waals surface area (Å²) in [6.07, 6.45) is -0.0930. The Hall–Kier alpha value is -2.13. The Kier molecular flexibility index (Phi) is 5.27. The van der Waals surface area contributed by atoms with Crippen molar-refractivity contribution < 1.29 is 14.5 Å². The number of halogens is 1. The minimum atomic E-state index is -0.663. The molecule has 0 unspecified atom stereocenters. The smallest absolute Gasteiger partial charge is 0.310 e. The van der Waals surface area contributed by atoms with Crippen LogP contribution < -0.4 is 0 Å². The van der Waals surface area contributed by atoms with Crippen LogP contribution in [-0.2, 0) is 21.8 Å². The molecule has 1 rings (SSSR count). The van der Waals surface area contributed by atoms with E-state index in [9.17, 15) is 14.9 Å². The van der Waals surface area contributed by atoms with Crippen molar-refractivity contribution >= 4 is 23.3 Å². The third kappa shape index (κ3) is 3.66. The Balaban J connectivity index is 3.22. The molecule has 7 heteroatoms. The topological polar surface area (TPSA) is 93.2 Å². The molecule has 0 bridgehead atoms. The Morgan fingerprint density at radius 2 is 2.26 bits per heavy atom. The zero-order valence-electron chi connectivity index (χ0n) is 10.2. The lowest BCUT2D eigenvalue weighted by atomic mass is 10.0. The minimum absolute atomic E-state index is 0.0413. The van der Waals surface area contributed by atoms with Gasteiger partial charge in [-0.3, -0.25) is 14.9 Å². The summed E-state index contributed by atoms with van der Waals surface area (Å²) in [5, 5.41) is 19.8. The third-order valence-corrected chi connectivity index (χ3v) is 2.65. The molecule has 1 aromatic rings. The predicted octanol–water partition coefficient (Wildman–Crippen LogP) is 2.31. The first-order valence-corrected chi connectivity index (χ1v) is 5.98. The molecule has 0 aromatic heterocycles. The number of esters is 1. The van der Waals surface area contributed by atoms with Crippen LogP contribution >= 0.6 is 11.6 Å². The van der Waals surface area contributed by atoms with Gasteiger partial charge < -0.3 is 4.74 Å². The van der Waals surface area contributed by atoms with Crippen molar-refractivity contribution in [2.45, 2.75) is 19.2 Å². The van der Waals surface area contributed by atoms with Gasteiger partial charge in [-0.15, -0.1) is 11.6 Å². The fourth-order valence-corrected chi connectivity index (χ4v) is 1.82. The highest BCUT2D eigenvalue weighted by Gasteiger charge is 2.20. The lowest BCUT2D eigenvalue weighted by Gasteiger charge is -2.06. The van der Waals surface area contributed by atoms with E-state index in [1.807, 2.05) is 0 Å². The van der Waals surface area contributed by atoms with Crippen LogP contribution in [0.3, 0.4) is 0 Å². The molecule has 0 saturated carbocycles. The van der Waals surface area contributed by atoms with Crippen molar-refractivity contribution in [2.24, 2.45) is 0 Å².